The molecular formula is C19H24Cl2N4O5S. The standard InChI is InChI=1S/C19H24Cl2N4O5S/c1-10-14(20)15(21)16(23-10)17(26)24-11-4-5-25(9-12(11)30-7-6-28-2)19-22-8-13(31-19)18(27)29-3/h8,11-12,23H,4-7,9H2,1-3H3,(H,24,26). The number of hydrogen-bond acceptors (Lipinski definition) is 8. The van der Waals surface area contributed by atoms with Crippen molar-refractivity contribution in [3.05, 3.63) is 32.5 Å². The first-order valence-electron chi connectivity index (χ1n) is 9.59. The maximum Gasteiger partial charge on any atom is 0.349 e. The topological polar surface area (TPSA) is 106 Å². The highest BCUT2D eigenvalue weighted by atomic mass is 35.5. The smallest absolute Gasteiger partial charge is 0.349 e. The van der Waals surface area contributed by atoms with Crippen molar-refractivity contribution in [3.63, 3.8) is 0 Å². The zero-order valence-electron chi connectivity index (χ0n) is 17.4. The van der Waals surface area contributed by atoms with Crippen molar-refractivity contribution in [3.8, 4) is 0 Å². The predicted octanol–water partition coefficient (Wildman–Crippen LogP) is 2.91. The quantitative estimate of drug-likeness (QED) is 0.432. The minimum absolute atomic E-state index is 0.198. The number of nitrogens with one attached hydrogen (secondary N) is 2. The summed E-state index contributed by atoms with van der Waals surface area (Å²) in [4.78, 5) is 34.2. The summed E-state index contributed by atoms with van der Waals surface area (Å²) >= 11 is 13.5. The number of amides is 1. The van der Waals surface area contributed by atoms with Crippen LogP contribution in [0.5, 0.6) is 0 Å². The summed E-state index contributed by atoms with van der Waals surface area (Å²) in [6.45, 7) is 3.66. The van der Waals surface area contributed by atoms with Gasteiger partial charge in [0.2, 0.25) is 0 Å². The van der Waals surface area contributed by atoms with Crippen LogP contribution in [0.15, 0.2) is 6.20 Å². The lowest BCUT2D eigenvalue weighted by molar-refractivity contribution is -0.00498. The summed E-state index contributed by atoms with van der Waals surface area (Å²) < 4.78 is 15.8. The van der Waals surface area contributed by atoms with Crippen LogP contribution in [-0.2, 0) is 14.2 Å². The van der Waals surface area contributed by atoms with E-state index < -0.39 is 5.97 Å². The molecule has 170 valence electrons. The number of ether oxygens (including phenoxy) is 3. The fourth-order valence-corrected chi connectivity index (χ4v) is 4.57. The van der Waals surface area contributed by atoms with E-state index in [0.29, 0.717) is 53.4 Å². The van der Waals surface area contributed by atoms with Gasteiger partial charge in [0.15, 0.2) is 5.13 Å². The number of H-pyrrole nitrogens is 1. The van der Waals surface area contributed by atoms with Gasteiger partial charge in [-0.15, -0.1) is 0 Å². The lowest BCUT2D eigenvalue weighted by Gasteiger charge is -2.38. The monoisotopic (exact) mass is 490 g/mol. The predicted molar refractivity (Wildman–Crippen MR) is 119 cm³/mol. The summed E-state index contributed by atoms with van der Waals surface area (Å²) in [6, 6.07) is -0.251. The summed E-state index contributed by atoms with van der Waals surface area (Å²) in [5.74, 6) is -0.767. The molecule has 1 saturated heterocycles. The Kier molecular flexibility index (Phi) is 8.17. The molecule has 2 unspecified atom stereocenters. The van der Waals surface area contributed by atoms with Crippen molar-refractivity contribution >= 4 is 51.5 Å². The van der Waals surface area contributed by atoms with Crippen LogP contribution in [-0.4, -0.2) is 74.5 Å². The fourth-order valence-electron chi connectivity index (χ4n) is 3.28. The number of aryl methyl sites for hydroxylation is 1. The molecule has 3 heterocycles. The van der Waals surface area contributed by atoms with Gasteiger partial charge in [-0.2, -0.15) is 0 Å². The molecule has 3 rings (SSSR count). The molecule has 1 fully saturated rings. The van der Waals surface area contributed by atoms with E-state index in [4.69, 9.17) is 37.4 Å². The SMILES string of the molecule is COCCOC1CN(c2ncc(C(=O)OC)s2)CCC1NC(=O)c1[nH]c(C)c(Cl)c1Cl. The number of carbonyl (C=O) groups excluding carboxylic acids is 2. The van der Waals surface area contributed by atoms with Crippen LogP contribution in [0.25, 0.3) is 0 Å². The van der Waals surface area contributed by atoms with Gasteiger partial charge in [-0.3, -0.25) is 4.79 Å². The number of carbonyl (C=O) groups is 2. The number of esters is 1. The molecule has 0 spiro atoms. The number of rotatable bonds is 8. The molecule has 9 nitrogen and oxygen atoms in total. The maximum absolute atomic E-state index is 12.8. The Morgan fingerprint density at radius 3 is 2.74 bits per heavy atom. The third kappa shape index (κ3) is 5.50. The number of methoxy groups -OCH3 is 2. The van der Waals surface area contributed by atoms with Crippen molar-refractivity contribution in [2.75, 3.05) is 45.4 Å². The minimum Gasteiger partial charge on any atom is -0.465 e. The molecule has 1 aliphatic heterocycles. The Balaban J connectivity index is 1.71. The van der Waals surface area contributed by atoms with Gasteiger partial charge in [0, 0.05) is 25.9 Å². The zero-order chi connectivity index (χ0) is 22.5. The van der Waals surface area contributed by atoms with E-state index in [9.17, 15) is 9.59 Å². The number of anilines is 1. The molecule has 1 amide bonds. The van der Waals surface area contributed by atoms with Crippen LogP contribution in [0.4, 0.5) is 5.13 Å². The first-order chi connectivity index (χ1) is 14.8. The molecule has 0 bridgehead atoms. The summed E-state index contributed by atoms with van der Waals surface area (Å²) in [5.41, 5.74) is 0.856. The average Bonchev–Trinajstić information content (AvgIpc) is 3.35. The number of aromatic amines is 1. The Labute approximate surface area is 194 Å². The van der Waals surface area contributed by atoms with Gasteiger partial charge in [0.05, 0.1) is 48.7 Å². The van der Waals surface area contributed by atoms with E-state index >= 15 is 0 Å². The summed E-state index contributed by atoms with van der Waals surface area (Å²) in [7, 11) is 2.93. The summed E-state index contributed by atoms with van der Waals surface area (Å²) in [6.07, 6.45) is 1.80. The highest BCUT2D eigenvalue weighted by Crippen LogP contribution is 2.30. The second kappa shape index (κ2) is 10.6. The third-order valence-corrected chi connectivity index (χ3v) is 6.91. The van der Waals surface area contributed by atoms with Gasteiger partial charge in [-0.05, 0) is 13.3 Å². The van der Waals surface area contributed by atoms with Crippen LogP contribution in [0.1, 0.15) is 32.3 Å². The van der Waals surface area contributed by atoms with E-state index in [0.717, 1.165) is 0 Å². The number of nitrogens with zero attached hydrogens (tertiary/aromatic N) is 2. The van der Waals surface area contributed by atoms with Crippen molar-refractivity contribution in [1.29, 1.82) is 0 Å². The largest absolute Gasteiger partial charge is 0.465 e. The Hall–Kier alpha value is -1.85. The summed E-state index contributed by atoms with van der Waals surface area (Å²) in [5, 5.41) is 4.23. The molecule has 2 aromatic heterocycles. The number of thiazole rings is 1. The molecule has 0 saturated carbocycles. The van der Waals surface area contributed by atoms with Gasteiger partial charge < -0.3 is 29.4 Å². The molecule has 2 atom stereocenters. The first-order valence-corrected chi connectivity index (χ1v) is 11.2. The normalized spacial score (nSPS) is 18.8. The molecule has 0 radical (unpaired) electrons. The number of halogens is 2. The van der Waals surface area contributed by atoms with Crippen LogP contribution in [0, 0.1) is 6.92 Å². The molecule has 2 aromatic rings. The van der Waals surface area contributed by atoms with Crippen molar-refractivity contribution < 1.29 is 23.8 Å². The Morgan fingerprint density at radius 1 is 1.32 bits per heavy atom. The van der Waals surface area contributed by atoms with E-state index in [2.05, 4.69) is 15.3 Å². The van der Waals surface area contributed by atoms with Gasteiger partial charge >= 0.3 is 5.97 Å². The van der Waals surface area contributed by atoms with Crippen LogP contribution < -0.4 is 10.2 Å². The minimum atomic E-state index is -0.421. The van der Waals surface area contributed by atoms with Gasteiger partial charge in [-0.1, -0.05) is 34.5 Å². The second-order valence-electron chi connectivity index (χ2n) is 6.97. The Morgan fingerprint density at radius 2 is 2.10 bits per heavy atom. The lowest BCUT2D eigenvalue weighted by Crippen LogP contribution is -2.55. The van der Waals surface area contributed by atoms with Crippen molar-refractivity contribution in [2.45, 2.75) is 25.5 Å². The van der Waals surface area contributed by atoms with Gasteiger partial charge in [0.25, 0.3) is 5.91 Å². The number of aromatic nitrogens is 2. The first kappa shape index (κ1) is 23.8. The zero-order valence-corrected chi connectivity index (χ0v) is 19.7. The maximum atomic E-state index is 12.8. The van der Waals surface area contributed by atoms with E-state index in [-0.39, 0.29) is 28.8 Å². The molecule has 0 aliphatic carbocycles. The van der Waals surface area contributed by atoms with Crippen LogP contribution >= 0.6 is 34.5 Å². The highest BCUT2D eigenvalue weighted by Gasteiger charge is 2.33. The van der Waals surface area contributed by atoms with Crippen LogP contribution in [0.2, 0.25) is 10.0 Å². The molecule has 2 N–H and O–H groups in total. The van der Waals surface area contributed by atoms with Gasteiger partial charge in [0.1, 0.15) is 10.6 Å². The van der Waals surface area contributed by atoms with Crippen molar-refractivity contribution in [2.24, 2.45) is 0 Å². The molecule has 1 aliphatic rings. The molecule has 31 heavy (non-hydrogen) atoms. The lowest BCUT2D eigenvalue weighted by atomic mass is 10.0. The number of hydrogen-bond donors (Lipinski definition) is 2. The van der Waals surface area contributed by atoms with E-state index in [1.54, 1.807) is 14.0 Å². The Bertz CT molecular complexity index is 935. The van der Waals surface area contributed by atoms with Gasteiger partial charge in [-0.25, -0.2) is 9.78 Å². The van der Waals surface area contributed by atoms with Crippen molar-refractivity contribution in [1.82, 2.24) is 15.3 Å². The second-order valence-corrected chi connectivity index (χ2v) is 8.73. The third-order valence-electron chi connectivity index (χ3n) is 4.93. The van der Waals surface area contributed by atoms with E-state index in [1.165, 1.54) is 24.6 Å². The molecule has 12 heteroatoms. The highest BCUT2D eigenvalue weighted by molar-refractivity contribution is 7.17. The molecule has 0 aromatic carbocycles. The fraction of sp³-hybridized carbons (Fsp3) is 0.526. The van der Waals surface area contributed by atoms with Crippen LogP contribution in [0.3, 0.4) is 0 Å². The number of piperidine rings is 1. The average molecular weight is 491 g/mol. The molecular weight excluding hydrogens is 467 g/mol. The van der Waals surface area contributed by atoms with E-state index in [1.807, 2.05) is 4.90 Å².